The van der Waals surface area contributed by atoms with Crippen molar-refractivity contribution in [1.82, 2.24) is 9.97 Å². The third-order valence-corrected chi connectivity index (χ3v) is 6.78. The molecule has 0 fully saturated rings. The normalized spacial score (nSPS) is 16.6. The Morgan fingerprint density at radius 3 is 2.86 bits per heavy atom. The number of nitrogens with one attached hydrogen (secondary N) is 1. The maximum absolute atomic E-state index is 11.8. The second-order valence-electron chi connectivity index (χ2n) is 8.41. The van der Waals surface area contributed by atoms with Crippen LogP contribution < -0.4 is 5.32 Å². The molecule has 0 bridgehead atoms. The lowest BCUT2D eigenvalue weighted by atomic mass is 9.72. The van der Waals surface area contributed by atoms with Crippen molar-refractivity contribution >= 4 is 39.0 Å². The summed E-state index contributed by atoms with van der Waals surface area (Å²) in [6.07, 6.45) is 4.96. The van der Waals surface area contributed by atoms with E-state index in [1.165, 1.54) is 24.0 Å². The average molecular weight is 396 g/mol. The molecule has 0 spiro atoms. The van der Waals surface area contributed by atoms with Gasteiger partial charge < -0.3 is 10.1 Å². The third kappa shape index (κ3) is 3.49. The van der Waals surface area contributed by atoms with Crippen LogP contribution in [0.1, 0.15) is 48.0 Å². The van der Waals surface area contributed by atoms with Gasteiger partial charge in [-0.1, -0.05) is 26.8 Å². The van der Waals surface area contributed by atoms with Crippen molar-refractivity contribution in [2.24, 2.45) is 11.3 Å². The number of hydrogen-bond donors (Lipinski definition) is 1. The van der Waals surface area contributed by atoms with E-state index in [2.05, 4.69) is 36.1 Å². The molecule has 1 aliphatic rings. The summed E-state index contributed by atoms with van der Waals surface area (Å²) in [5, 5.41) is 4.52. The molecule has 0 radical (unpaired) electrons. The molecule has 28 heavy (non-hydrogen) atoms. The van der Waals surface area contributed by atoms with Crippen LogP contribution in [0.4, 0.5) is 11.5 Å². The third-order valence-electron chi connectivity index (χ3n) is 5.62. The van der Waals surface area contributed by atoms with Crippen LogP contribution in [0.15, 0.2) is 30.6 Å². The maximum Gasteiger partial charge on any atom is 0.337 e. The van der Waals surface area contributed by atoms with Gasteiger partial charge in [0.05, 0.1) is 18.1 Å². The smallest absolute Gasteiger partial charge is 0.337 e. The van der Waals surface area contributed by atoms with Gasteiger partial charge in [0.25, 0.3) is 0 Å². The van der Waals surface area contributed by atoms with Gasteiger partial charge in [-0.05, 0) is 54.4 Å². The lowest BCUT2D eigenvalue weighted by molar-refractivity contribution is 0.0601. The van der Waals surface area contributed by atoms with Crippen LogP contribution in [-0.2, 0) is 17.6 Å². The molecule has 2 aromatic heterocycles. The highest BCUT2D eigenvalue weighted by molar-refractivity contribution is 7.19. The van der Waals surface area contributed by atoms with Crippen LogP contribution in [0.5, 0.6) is 0 Å². The highest BCUT2D eigenvalue weighted by Gasteiger charge is 2.31. The number of fused-ring (bicyclic) bond motifs is 3. The van der Waals surface area contributed by atoms with Crippen LogP contribution in [0.2, 0.25) is 0 Å². The van der Waals surface area contributed by atoms with Crippen molar-refractivity contribution < 1.29 is 9.53 Å². The highest BCUT2D eigenvalue weighted by atomic mass is 32.1. The second-order valence-corrected chi connectivity index (χ2v) is 9.49. The summed E-state index contributed by atoms with van der Waals surface area (Å²) in [6, 6.07) is 7.29. The van der Waals surface area contributed by atoms with Crippen LogP contribution in [-0.4, -0.2) is 23.0 Å². The van der Waals surface area contributed by atoms with Crippen molar-refractivity contribution in [2.75, 3.05) is 12.4 Å². The molecule has 146 valence electrons. The van der Waals surface area contributed by atoms with Gasteiger partial charge >= 0.3 is 5.97 Å². The first-order valence-corrected chi connectivity index (χ1v) is 10.4. The number of rotatable bonds is 3. The highest BCUT2D eigenvalue weighted by Crippen LogP contribution is 2.44. The summed E-state index contributed by atoms with van der Waals surface area (Å²) in [6.45, 7) is 6.99. The zero-order valence-corrected chi connectivity index (χ0v) is 17.5. The van der Waals surface area contributed by atoms with Crippen molar-refractivity contribution in [1.29, 1.82) is 0 Å². The molecule has 2 heterocycles. The molecule has 6 heteroatoms. The molecule has 0 amide bonds. The molecule has 0 aliphatic heterocycles. The summed E-state index contributed by atoms with van der Waals surface area (Å²) < 4.78 is 4.82. The zero-order chi connectivity index (χ0) is 19.9. The fraction of sp³-hybridized carbons (Fsp3) is 0.409. The molecule has 1 unspecified atom stereocenters. The van der Waals surface area contributed by atoms with Gasteiger partial charge in [0.2, 0.25) is 0 Å². The summed E-state index contributed by atoms with van der Waals surface area (Å²) >= 11 is 1.79. The van der Waals surface area contributed by atoms with Gasteiger partial charge in [0, 0.05) is 10.6 Å². The standard InChI is InChI=1S/C22H25N3O2S/c1-22(2,3)14-8-9-16-17(11-14)28-20-18(16)19(23-12-24-20)25-15-7-5-6-13(10-15)21(26)27-4/h5-7,10,12,14H,8-9,11H2,1-4H3,(H,23,24,25). The van der Waals surface area contributed by atoms with Gasteiger partial charge in [-0.3, -0.25) is 0 Å². The van der Waals surface area contributed by atoms with E-state index in [0.717, 1.165) is 34.6 Å². The predicted molar refractivity (Wildman–Crippen MR) is 113 cm³/mol. The molecule has 1 aliphatic carbocycles. The summed E-state index contributed by atoms with van der Waals surface area (Å²) in [4.78, 5) is 23.3. The number of carbonyl (C=O) groups is 1. The molecule has 3 aromatic rings. The van der Waals surface area contributed by atoms with Gasteiger partial charge in [-0.2, -0.15) is 0 Å². The lowest BCUT2D eigenvalue weighted by Crippen LogP contribution is -2.26. The molecule has 4 rings (SSSR count). The van der Waals surface area contributed by atoms with Crippen molar-refractivity contribution in [2.45, 2.75) is 40.0 Å². The number of methoxy groups -OCH3 is 1. The number of carbonyl (C=O) groups excluding carboxylic acids is 1. The Balaban J connectivity index is 1.70. The molecule has 0 saturated heterocycles. The molecule has 1 aromatic carbocycles. The molecule has 5 nitrogen and oxygen atoms in total. The number of aryl methyl sites for hydroxylation is 1. The largest absolute Gasteiger partial charge is 0.465 e. The summed E-state index contributed by atoms with van der Waals surface area (Å²) in [7, 11) is 1.39. The molecular weight excluding hydrogens is 370 g/mol. The first-order valence-electron chi connectivity index (χ1n) is 9.57. The monoisotopic (exact) mass is 395 g/mol. The van der Waals surface area contributed by atoms with E-state index < -0.39 is 0 Å². The molecule has 0 saturated carbocycles. The van der Waals surface area contributed by atoms with E-state index in [9.17, 15) is 4.79 Å². The Hall–Kier alpha value is -2.47. The van der Waals surface area contributed by atoms with Crippen LogP contribution in [0.3, 0.4) is 0 Å². The van der Waals surface area contributed by atoms with E-state index in [1.807, 2.05) is 12.1 Å². The summed E-state index contributed by atoms with van der Waals surface area (Å²) in [5.74, 6) is 1.14. The van der Waals surface area contributed by atoms with Gasteiger partial charge in [-0.15, -0.1) is 11.3 Å². The van der Waals surface area contributed by atoms with E-state index in [1.54, 1.807) is 29.8 Å². The fourth-order valence-corrected chi connectivity index (χ4v) is 5.19. The molecular formula is C22H25N3O2S. The number of nitrogens with zero attached hydrogens (tertiary/aromatic N) is 2. The van der Waals surface area contributed by atoms with E-state index in [-0.39, 0.29) is 5.97 Å². The predicted octanol–water partition coefficient (Wildman–Crippen LogP) is 5.37. The van der Waals surface area contributed by atoms with Crippen LogP contribution in [0.25, 0.3) is 10.2 Å². The van der Waals surface area contributed by atoms with Crippen LogP contribution in [0, 0.1) is 11.3 Å². The summed E-state index contributed by atoms with van der Waals surface area (Å²) in [5.41, 5.74) is 3.02. The van der Waals surface area contributed by atoms with Gasteiger partial charge in [0.15, 0.2) is 0 Å². The number of aromatic nitrogens is 2. The minimum Gasteiger partial charge on any atom is -0.465 e. The topological polar surface area (TPSA) is 64.1 Å². The Kier molecular flexibility index (Phi) is 4.83. The average Bonchev–Trinajstić information content (AvgIpc) is 3.05. The van der Waals surface area contributed by atoms with Crippen molar-refractivity contribution in [3.8, 4) is 0 Å². The number of benzene rings is 1. The first-order chi connectivity index (χ1) is 13.4. The lowest BCUT2D eigenvalue weighted by Gasteiger charge is -2.33. The molecule has 1 atom stereocenters. The molecule has 1 N–H and O–H groups in total. The zero-order valence-electron chi connectivity index (χ0n) is 16.7. The number of thiophene rings is 1. The van der Waals surface area contributed by atoms with Crippen LogP contribution >= 0.6 is 11.3 Å². The Morgan fingerprint density at radius 2 is 2.11 bits per heavy atom. The van der Waals surface area contributed by atoms with Gasteiger partial charge in [-0.25, -0.2) is 14.8 Å². The SMILES string of the molecule is COC(=O)c1cccc(Nc2ncnc3sc4c(c23)CCC(C(C)(C)C)C4)c1. The Bertz CT molecular complexity index is 1040. The Morgan fingerprint density at radius 1 is 1.29 bits per heavy atom. The number of anilines is 2. The maximum atomic E-state index is 11.8. The minimum absolute atomic E-state index is 0.314. The Labute approximate surface area is 169 Å². The van der Waals surface area contributed by atoms with Gasteiger partial charge in [0.1, 0.15) is 17.0 Å². The number of hydrogen-bond acceptors (Lipinski definition) is 6. The quantitative estimate of drug-likeness (QED) is 0.604. The fourth-order valence-electron chi connectivity index (χ4n) is 3.92. The first kappa shape index (κ1) is 18.9. The van der Waals surface area contributed by atoms with Crippen molar-refractivity contribution in [3.63, 3.8) is 0 Å². The minimum atomic E-state index is -0.349. The van der Waals surface area contributed by atoms with E-state index in [4.69, 9.17) is 4.74 Å². The number of ether oxygens (including phenoxy) is 1. The van der Waals surface area contributed by atoms with Crippen molar-refractivity contribution in [3.05, 3.63) is 46.6 Å². The van der Waals surface area contributed by atoms with E-state index >= 15 is 0 Å². The van der Waals surface area contributed by atoms with E-state index in [0.29, 0.717) is 16.9 Å². The number of esters is 1. The second kappa shape index (κ2) is 7.17.